The maximum Gasteiger partial charge on any atom is 0.225 e. The van der Waals surface area contributed by atoms with E-state index in [0.29, 0.717) is 11.9 Å². The highest BCUT2D eigenvalue weighted by Gasteiger charge is 2.29. The smallest absolute Gasteiger partial charge is 0.225 e. The van der Waals surface area contributed by atoms with Gasteiger partial charge in [-0.2, -0.15) is 0 Å². The summed E-state index contributed by atoms with van der Waals surface area (Å²) in [6.07, 6.45) is 5.69. The molecule has 0 aliphatic carbocycles. The zero-order chi connectivity index (χ0) is 11.3. The molecule has 2 atom stereocenters. The minimum atomic E-state index is 0.203. The monoisotopic (exact) mass is 275 g/mol. The molecule has 0 bridgehead atoms. The van der Waals surface area contributed by atoms with Gasteiger partial charge in [0.2, 0.25) is 5.91 Å². The predicted octanol–water partition coefficient (Wildman–Crippen LogP) is 3.20. The number of nitrogens with zero attached hydrogens (tertiary/aromatic N) is 1. The second-order valence-corrected chi connectivity index (χ2v) is 5.26. The Morgan fingerprint density at radius 1 is 1.60 bits per heavy atom. The van der Waals surface area contributed by atoms with Gasteiger partial charge in [0.1, 0.15) is 0 Å². The molecule has 1 saturated heterocycles. The number of hydrogen-bond donors (Lipinski definition) is 0. The van der Waals surface area contributed by atoms with E-state index in [1.54, 1.807) is 0 Å². The fourth-order valence-corrected chi connectivity index (χ4v) is 2.52. The highest BCUT2D eigenvalue weighted by Crippen LogP contribution is 2.24. The van der Waals surface area contributed by atoms with Gasteiger partial charge in [-0.3, -0.25) is 4.79 Å². The Hall–Kier alpha value is -0.0500. The van der Waals surface area contributed by atoms with Crippen LogP contribution in [0.5, 0.6) is 0 Å². The topological polar surface area (TPSA) is 20.3 Å². The lowest BCUT2D eigenvalue weighted by Crippen LogP contribution is -2.38. The van der Waals surface area contributed by atoms with Crippen molar-refractivity contribution in [1.82, 2.24) is 4.90 Å². The third-order valence-corrected chi connectivity index (χ3v) is 3.93. The molecule has 88 valence electrons. The van der Waals surface area contributed by atoms with Crippen LogP contribution in [0.4, 0.5) is 0 Å². The summed E-state index contributed by atoms with van der Waals surface area (Å²) in [4.78, 5) is 14.2. The first-order chi connectivity index (χ1) is 7.20. The average Bonchev–Trinajstić information content (AvgIpc) is 2.72. The molecule has 1 amide bonds. The van der Waals surface area contributed by atoms with Crippen molar-refractivity contribution < 1.29 is 4.79 Å². The number of hydrogen-bond acceptors (Lipinski definition) is 1. The first-order valence-electron chi connectivity index (χ1n) is 6.07. The Bertz CT molecular complexity index is 208. The van der Waals surface area contributed by atoms with Gasteiger partial charge >= 0.3 is 0 Å². The Kier molecular flexibility index (Phi) is 5.65. The van der Waals surface area contributed by atoms with Crippen molar-refractivity contribution in [1.29, 1.82) is 0 Å². The average molecular weight is 276 g/mol. The van der Waals surface area contributed by atoms with Gasteiger partial charge in [0.15, 0.2) is 0 Å². The zero-order valence-electron chi connectivity index (χ0n) is 9.84. The van der Waals surface area contributed by atoms with E-state index in [1.807, 2.05) is 6.92 Å². The third kappa shape index (κ3) is 3.47. The summed E-state index contributed by atoms with van der Waals surface area (Å²) in [5.41, 5.74) is 0. The van der Waals surface area contributed by atoms with Gasteiger partial charge in [-0.15, -0.1) is 0 Å². The van der Waals surface area contributed by atoms with Crippen LogP contribution in [-0.4, -0.2) is 28.7 Å². The zero-order valence-corrected chi connectivity index (χ0v) is 11.4. The van der Waals surface area contributed by atoms with Crippen molar-refractivity contribution >= 4 is 21.8 Å². The van der Waals surface area contributed by atoms with Crippen LogP contribution in [-0.2, 0) is 4.79 Å². The first kappa shape index (κ1) is 13.0. The highest BCUT2D eigenvalue weighted by atomic mass is 79.9. The largest absolute Gasteiger partial charge is 0.339 e. The summed E-state index contributed by atoms with van der Waals surface area (Å²) in [7, 11) is 0. The number of likely N-dealkylation sites (tertiary alicyclic amines) is 1. The molecule has 0 saturated carbocycles. The standard InChI is InChI=1S/C12H22BrNO/c1-3-10(2)12(15)14-9-5-7-11(14)6-4-8-13/h10-11H,3-9H2,1-2H3. The maximum absolute atomic E-state index is 12.1. The summed E-state index contributed by atoms with van der Waals surface area (Å²) in [5, 5.41) is 1.05. The van der Waals surface area contributed by atoms with Gasteiger partial charge in [0.25, 0.3) is 0 Å². The minimum Gasteiger partial charge on any atom is -0.339 e. The Balaban J connectivity index is 2.48. The lowest BCUT2D eigenvalue weighted by atomic mass is 10.1. The Labute approximate surface area is 102 Å². The fraction of sp³-hybridized carbons (Fsp3) is 0.917. The second-order valence-electron chi connectivity index (χ2n) is 4.47. The molecule has 1 rings (SSSR count). The minimum absolute atomic E-state index is 0.203. The van der Waals surface area contributed by atoms with E-state index in [-0.39, 0.29) is 5.92 Å². The molecule has 0 N–H and O–H groups in total. The van der Waals surface area contributed by atoms with E-state index in [4.69, 9.17) is 0 Å². The Morgan fingerprint density at radius 2 is 2.33 bits per heavy atom. The summed E-state index contributed by atoms with van der Waals surface area (Å²) < 4.78 is 0. The molecule has 15 heavy (non-hydrogen) atoms. The van der Waals surface area contributed by atoms with Crippen LogP contribution in [0, 0.1) is 5.92 Å². The molecule has 1 heterocycles. The van der Waals surface area contributed by atoms with E-state index in [2.05, 4.69) is 27.8 Å². The van der Waals surface area contributed by atoms with Crippen molar-refractivity contribution in [2.45, 2.75) is 52.0 Å². The summed E-state index contributed by atoms with van der Waals surface area (Å²) in [6, 6.07) is 0.518. The first-order valence-corrected chi connectivity index (χ1v) is 7.19. The van der Waals surface area contributed by atoms with Crippen LogP contribution < -0.4 is 0 Å². The molecule has 1 aliphatic heterocycles. The van der Waals surface area contributed by atoms with E-state index in [1.165, 1.54) is 19.3 Å². The summed E-state index contributed by atoms with van der Waals surface area (Å²) >= 11 is 3.45. The number of rotatable bonds is 5. The van der Waals surface area contributed by atoms with Crippen molar-refractivity contribution in [3.8, 4) is 0 Å². The van der Waals surface area contributed by atoms with Crippen LogP contribution >= 0.6 is 15.9 Å². The summed E-state index contributed by atoms with van der Waals surface area (Å²) in [6.45, 7) is 5.12. The second kappa shape index (κ2) is 6.51. The molecule has 0 aromatic rings. The van der Waals surface area contributed by atoms with Crippen molar-refractivity contribution in [2.24, 2.45) is 5.92 Å². The number of amides is 1. The molecule has 3 heteroatoms. The SMILES string of the molecule is CCC(C)C(=O)N1CCCC1CCCBr. The molecule has 0 aromatic carbocycles. The van der Waals surface area contributed by atoms with Gasteiger partial charge in [-0.1, -0.05) is 29.8 Å². The van der Waals surface area contributed by atoms with Crippen molar-refractivity contribution in [3.05, 3.63) is 0 Å². The number of alkyl halides is 1. The van der Waals surface area contributed by atoms with Gasteiger partial charge in [0.05, 0.1) is 0 Å². The maximum atomic E-state index is 12.1. The van der Waals surface area contributed by atoms with Gasteiger partial charge < -0.3 is 4.90 Å². The van der Waals surface area contributed by atoms with Gasteiger partial charge in [-0.25, -0.2) is 0 Å². The molecule has 1 fully saturated rings. The fourth-order valence-electron chi connectivity index (χ4n) is 2.20. The van der Waals surface area contributed by atoms with E-state index >= 15 is 0 Å². The van der Waals surface area contributed by atoms with Crippen LogP contribution in [0.15, 0.2) is 0 Å². The van der Waals surface area contributed by atoms with Gasteiger partial charge in [-0.05, 0) is 32.1 Å². The molecule has 1 aliphatic rings. The van der Waals surface area contributed by atoms with Crippen molar-refractivity contribution in [2.75, 3.05) is 11.9 Å². The van der Waals surface area contributed by atoms with Crippen LogP contribution in [0.2, 0.25) is 0 Å². The van der Waals surface area contributed by atoms with Crippen molar-refractivity contribution in [3.63, 3.8) is 0 Å². The normalized spacial score (nSPS) is 23.1. The predicted molar refractivity (Wildman–Crippen MR) is 67.2 cm³/mol. The van der Waals surface area contributed by atoms with E-state index in [9.17, 15) is 4.79 Å². The number of halogens is 1. The quantitative estimate of drug-likeness (QED) is 0.706. The van der Waals surface area contributed by atoms with Crippen LogP contribution in [0.1, 0.15) is 46.0 Å². The molecule has 0 aromatic heterocycles. The lowest BCUT2D eigenvalue weighted by molar-refractivity contribution is -0.136. The van der Waals surface area contributed by atoms with E-state index in [0.717, 1.165) is 24.7 Å². The van der Waals surface area contributed by atoms with Crippen LogP contribution in [0.25, 0.3) is 0 Å². The Morgan fingerprint density at radius 3 is 2.93 bits per heavy atom. The molecule has 2 unspecified atom stereocenters. The summed E-state index contributed by atoms with van der Waals surface area (Å²) in [5.74, 6) is 0.573. The molecular weight excluding hydrogens is 254 g/mol. The molecule has 0 radical (unpaired) electrons. The number of carbonyl (C=O) groups is 1. The molecule has 0 spiro atoms. The molecule has 2 nitrogen and oxygen atoms in total. The highest BCUT2D eigenvalue weighted by molar-refractivity contribution is 9.09. The van der Waals surface area contributed by atoms with Crippen LogP contribution in [0.3, 0.4) is 0 Å². The lowest BCUT2D eigenvalue weighted by Gasteiger charge is -2.27. The number of carbonyl (C=O) groups excluding carboxylic acids is 1. The molecular formula is C12H22BrNO. The van der Waals surface area contributed by atoms with Gasteiger partial charge in [0, 0.05) is 23.8 Å². The third-order valence-electron chi connectivity index (χ3n) is 3.37. The van der Waals surface area contributed by atoms with E-state index < -0.39 is 0 Å².